The van der Waals surface area contributed by atoms with Crippen LogP contribution in [0.15, 0.2) is 94.5 Å². The molecule has 30 heavy (non-hydrogen) atoms. The molecule has 3 aromatic rings. The summed E-state index contributed by atoms with van der Waals surface area (Å²) in [5.41, 5.74) is 1.46. The maximum absolute atomic E-state index is 12.6. The van der Waals surface area contributed by atoms with Gasteiger partial charge in [-0.1, -0.05) is 65.3 Å². The minimum absolute atomic E-state index is 0.00497. The molecule has 0 atom stereocenters. The average molecular weight is 440 g/mol. The zero-order valence-electron chi connectivity index (χ0n) is 15.4. The largest absolute Gasteiger partial charge is 0.378 e. The van der Waals surface area contributed by atoms with Crippen molar-refractivity contribution >= 4 is 39.5 Å². The summed E-state index contributed by atoms with van der Waals surface area (Å²) in [6, 6.07) is 21.2. The fourth-order valence-electron chi connectivity index (χ4n) is 2.83. The minimum Gasteiger partial charge on any atom is -0.378 e. The van der Waals surface area contributed by atoms with E-state index in [0.29, 0.717) is 21.9 Å². The first kappa shape index (κ1) is 19.9. The number of carbonyl (C=O) groups is 1. The van der Waals surface area contributed by atoms with Gasteiger partial charge in [0.25, 0.3) is 0 Å². The topological polar surface area (TPSA) is 82.0 Å². The van der Waals surface area contributed by atoms with Crippen LogP contribution in [0.4, 0.5) is 0 Å². The van der Waals surface area contributed by atoms with Gasteiger partial charge in [-0.2, -0.15) is 8.42 Å². The van der Waals surface area contributed by atoms with Gasteiger partial charge in [-0.25, -0.2) is 4.79 Å². The van der Waals surface area contributed by atoms with Crippen LogP contribution in [0.5, 0.6) is 5.75 Å². The Hall–Kier alpha value is -3.42. The Kier molecular flexibility index (Phi) is 5.39. The van der Waals surface area contributed by atoms with Crippen LogP contribution >= 0.6 is 11.6 Å². The lowest BCUT2D eigenvalue weighted by atomic mass is 10.0. The molecule has 8 heteroatoms. The van der Waals surface area contributed by atoms with Gasteiger partial charge in [0.2, 0.25) is 0 Å². The Morgan fingerprint density at radius 1 is 0.933 bits per heavy atom. The van der Waals surface area contributed by atoms with E-state index in [0.717, 1.165) is 0 Å². The normalized spacial score (nSPS) is 15.0. The van der Waals surface area contributed by atoms with Crippen LogP contribution in [0.25, 0.3) is 6.08 Å². The molecule has 0 amide bonds. The number of hydrogen-bond donors (Lipinski definition) is 0. The number of carbonyl (C=O) groups excluding carboxylic acids is 1. The van der Waals surface area contributed by atoms with Crippen molar-refractivity contribution in [1.29, 1.82) is 0 Å². The van der Waals surface area contributed by atoms with Gasteiger partial charge in [-0.05, 0) is 36.4 Å². The highest BCUT2D eigenvalue weighted by Gasteiger charge is 2.27. The molecule has 4 rings (SSSR count). The summed E-state index contributed by atoms with van der Waals surface area (Å²) in [5, 5.41) is 4.19. The van der Waals surface area contributed by atoms with Crippen molar-refractivity contribution in [3.63, 3.8) is 0 Å². The van der Waals surface area contributed by atoms with E-state index in [1.54, 1.807) is 42.5 Å². The summed E-state index contributed by atoms with van der Waals surface area (Å²) >= 11 is 6.10. The van der Waals surface area contributed by atoms with Crippen molar-refractivity contribution < 1.29 is 22.2 Å². The first-order chi connectivity index (χ1) is 14.4. The zero-order valence-corrected chi connectivity index (χ0v) is 16.9. The molecule has 0 bridgehead atoms. The van der Waals surface area contributed by atoms with Crippen LogP contribution < -0.4 is 4.18 Å². The monoisotopic (exact) mass is 439 g/mol. The molecule has 0 saturated carbocycles. The van der Waals surface area contributed by atoms with Gasteiger partial charge in [0, 0.05) is 16.1 Å². The molecule has 3 aromatic carbocycles. The summed E-state index contributed by atoms with van der Waals surface area (Å²) in [6.07, 6.45) is 1.45. The number of hydrogen-bond acceptors (Lipinski definition) is 6. The number of rotatable bonds is 5. The van der Waals surface area contributed by atoms with Crippen LogP contribution in [-0.4, -0.2) is 20.1 Å². The third kappa shape index (κ3) is 4.12. The molecule has 1 aliphatic heterocycles. The molecule has 0 spiro atoms. The molecular weight excluding hydrogens is 426 g/mol. The summed E-state index contributed by atoms with van der Waals surface area (Å²) in [7, 11) is -4.08. The van der Waals surface area contributed by atoms with E-state index in [4.69, 9.17) is 20.6 Å². The Morgan fingerprint density at radius 2 is 1.60 bits per heavy atom. The van der Waals surface area contributed by atoms with Crippen molar-refractivity contribution in [3.05, 3.63) is 101 Å². The van der Waals surface area contributed by atoms with Crippen LogP contribution in [0.1, 0.15) is 11.1 Å². The van der Waals surface area contributed by atoms with Crippen LogP contribution in [0.3, 0.4) is 0 Å². The molecule has 150 valence electrons. The second kappa shape index (κ2) is 8.14. The van der Waals surface area contributed by atoms with E-state index in [9.17, 15) is 13.2 Å². The highest BCUT2D eigenvalue weighted by molar-refractivity contribution is 7.87. The molecule has 1 heterocycles. The third-order valence-electron chi connectivity index (χ3n) is 4.25. The fourth-order valence-corrected chi connectivity index (χ4v) is 3.99. The van der Waals surface area contributed by atoms with E-state index in [1.807, 2.05) is 6.07 Å². The van der Waals surface area contributed by atoms with Gasteiger partial charge >= 0.3 is 16.1 Å². The lowest BCUT2D eigenvalue weighted by molar-refractivity contribution is -0.136. The number of nitrogens with zero attached hydrogens (tertiary/aromatic N) is 1. The maximum atomic E-state index is 12.6. The van der Waals surface area contributed by atoms with Crippen LogP contribution in [0.2, 0.25) is 5.02 Å². The van der Waals surface area contributed by atoms with E-state index >= 15 is 0 Å². The molecule has 0 aromatic heterocycles. The van der Waals surface area contributed by atoms with Gasteiger partial charge in [0.05, 0.1) is 5.57 Å². The summed E-state index contributed by atoms with van der Waals surface area (Å²) in [5.74, 6) is -0.645. The third-order valence-corrected chi connectivity index (χ3v) is 5.73. The predicted octanol–water partition coefficient (Wildman–Crippen LogP) is 4.45. The zero-order chi connectivity index (χ0) is 21.1. The number of oxime groups is 1. The SMILES string of the molecule is O=C1ON=C(c2ccccc2)/C1=C/c1cc(Cl)ccc1OS(=O)(=O)c1ccccc1. The summed E-state index contributed by atoms with van der Waals surface area (Å²) in [4.78, 5) is 17.1. The van der Waals surface area contributed by atoms with Crippen LogP contribution in [-0.2, 0) is 19.8 Å². The molecule has 0 fully saturated rings. The molecule has 1 aliphatic rings. The predicted molar refractivity (Wildman–Crippen MR) is 113 cm³/mol. The fraction of sp³-hybridized carbons (Fsp3) is 0. The lowest BCUT2D eigenvalue weighted by Gasteiger charge is -2.10. The van der Waals surface area contributed by atoms with E-state index in [-0.39, 0.29) is 16.2 Å². The smallest absolute Gasteiger partial charge is 0.368 e. The second-order valence-electron chi connectivity index (χ2n) is 6.28. The first-order valence-corrected chi connectivity index (χ1v) is 10.6. The standard InChI is InChI=1S/C22H14ClNO5S/c23-17-11-12-20(29-30(26,27)18-9-5-2-6-10-18)16(13-17)14-19-21(24-28-22(19)25)15-7-3-1-4-8-15/h1-14H/b19-14-. The van der Waals surface area contributed by atoms with E-state index in [1.165, 1.54) is 36.4 Å². The lowest BCUT2D eigenvalue weighted by Crippen LogP contribution is -2.11. The summed E-state index contributed by atoms with van der Waals surface area (Å²) < 4.78 is 30.6. The number of halogens is 1. The molecule has 0 N–H and O–H groups in total. The Balaban J connectivity index is 1.76. The molecule has 6 nitrogen and oxygen atoms in total. The van der Waals surface area contributed by atoms with Crippen molar-refractivity contribution in [3.8, 4) is 5.75 Å². The van der Waals surface area contributed by atoms with Crippen molar-refractivity contribution in [2.24, 2.45) is 5.16 Å². The van der Waals surface area contributed by atoms with Gasteiger partial charge < -0.3 is 9.02 Å². The Morgan fingerprint density at radius 3 is 2.30 bits per heavy atom. The van der Waals surface area contributed by atoms with Crippen LogP contribution in [0, 0.1) is 0 Å². The molecular formula is C22H14ClNO5S. The number of benzene rings is 3. The molecule has 0 aliphatic carbocycles. The maximum Gasteiger partial charge on any atom is 0.368 e. The van der Waals surface area contributed by atoms with E-state index in [2.05, 4.69) is 5.16 Å². The van der Waals surface area contributed by atoms with Crippen molar-refractivity contribution in [2.45, 2.75) is 4.90 Å². The second-order valence-corrected chi connectivity index (χ2v) is 8.26. The van der Waals surface area contributed by atoms with E-state index < -0.39 is 16.1 Å². The molecule has 0 saturated heterocycles. The van der Waals surface area contributed by atoms with Gasteiger partial charge in [-0.15, -0.1) is 0 Å². The first-order valence-electron chi connectivity index (χ1n) is 8.80. The van der Waals surface area contributed by atoms with Gasteiger partial charge in [-0.3, -0.25) is 0 Å². The molecule has 0 unspecified atom stereocenters. The Labute approximate surface area is 178 Å². The Bertz CT molecular complexity index is 1270. The minimum atomic E-state index is -4.08. The van der Waals surface area contributed by atoms with Gasteiger partial charge in [0.1, 0.15) is 16.4 Å². The quantitative estimate of drug-likeness (QED) is 0.333. The average Bonchev–Trinajstić information content (AvgIpc) is 3.11. The van der Waals surface area contributed by atoms with Crippen molar-refractivity contribution in [2.75, 3.05) is 0 Å². The van der Waals surface area contributed by atoms with Crippen molar-refractivity contribution in [1.82, 2.24) is 0 Å². The highest BCUT2D eigenvalue weighted by atomic mass is 35.5. The summed E-state index contributed by atoms with van der Waals surface area (Å²) in [6.45, 7) is 0. The molecule has 0 radical (unpaired) electrons. The van der Waals surface area contributed by atoms with Gasteiger partial charge in [0.15, 0.2) is 0 Å². The highest BCUT2D eigenvalue weighted by Crippen LogP contribution is 2.30.